The summed E-state index contributed by atoms with van der Waals surface area (Å²) in [7, 11) is 3.19. The Hall–Kier alpha value is -2.54. The van der Waals surface area contributed by atoms with Gasteiger partial charge in [0.1, 0.15) is 5.82 Å². The summed E-state index contributed by atoms with van der Waals surface area (Å²) in [5.41, 5.74) is 6.90. The minimum absolute atomic E-state index is 0.431. The second-order valence-corrected chi connectivity index (χ2v) is 6.26. The van der Waals surface area contributed by atoms with Crippen LogP contribution in [0.15, 0.2) is 29.6 Å². The SMILES string of the molecule is CCN(Cc1cccs1)c1nc(N)c2cc(OC)c(OC)cc2n1. The van der Waals surface area contributed by atoms with Crippen molar-refractivity contribution in [2.24, 2.45) is 0 Å². The molecule has 24 heavy (non-hydrogen) atoms. The maximum absolute atomic E-state index is 6.17. The Morgan fingerprint density at radius 1 is 1.17 bits per heavy atom. The number of ether oxygens (including phenoxy) is 2. The van der Waals surface area contributed by atoms with Gasteiger partial charge in [-0.3, -0.25) is 0 Å². The summed E-state index contributed by atoms with van der Waals surface area (Å²) in [5.74, 6) is 2.28. The highest BCUT2D eigenvalue weighted by Gasteiger charge is 2.15. The Balaban J connectivity index is 2.05. The van der Waals surface area contributed by atoms with Gasteiger partial charge in [0, 0.05) is 22.9 Å². The molecule has 7 heteroatoms. The van der Waals surface area contributed by atoms with Crippen LogP contribution in [0.25, 0.3) is 10.9 Å². The first kappa shape index (κ1) is 16.3. The van der Waals surface area contributed by atoms with E-state index in [0.29, 0.717) is 23.3 Å². The van der Waals surface area contributed by atoms with Crippen molar-refractivity contribution in [1.29, 1.82) is 0 Å². The third-order valence-corrected chi connectivity index (χ3v) is 4.67. The molecular weight excluding hydrogens is 324 g/mol. The number of methoxy groups -OCH3 is 2. The number of fused-ring (bicyclic) bond motifs is 1. The molecule has 2 aromatic heterocycles. The predicted molar refractivity (Wildman–Crippen MR) is 98.1 cm³/mol. The summed E-state index contributed by atoms with van der Waals surface area (Å²) >= 11 is 1.72. The molecule has 0 saturated carbocycles. The van der Waals surface area contributed by atoms with Crippen molar-refractivity contribution in [1.82, 2.24) is 9.97 Å². The van der Waals surface area contributed by atoms with Crippen LogP contribution >= 0.6 is 11.3 Å². The molecule has 2 heterocycles. The van der Waals surface area contributed by atoms with Crippen LogP contribution in [0.2, 0.25) is 0 Å². The normalized spacial score (nSPS) is 10.8. The Morgan fingerprint density at radius 3 is 2.54 bits per heavy atom. The van der Waals surface area contributed by atoms with Crippen LogP contribution in [0.1, 0.15) is 11.8 Å². The molecule has 126 valence electrons. The average molecular weight is 344 g/mol. The molecule has 0 unspecified atom stereocenters. The smallest absolute Gasteiger partial charge is 0.228 e. The van der Waals surface area contributed by atoms with Gasteiger partial charge in [-0.25, -0.2) is 4.98 Å². The van der Waals surface area contributed by atoms with E-state index in [-0.39, 0.29) is 0 Å². The van der Waals surface area contributed by atoms with Crippen molar-refractivity contribution in [2.75, 3.05) is 31.4 Å². The van der Waals surface area contributed by atoms with Gasteiger partial charge in [-0.05, 0) is 24.4 Å². The summed E-state index contributed by atoms with van der Waals surface area (Å²) in [4.78, 5) is 12.5. The lowest BCUT2D eigenvalue weighted by Gasteiger charge is -2.21. The van der Waals surface area contributed by atoms with Gasteiger partial charge >= 0.3 is 0 Å². The van der Waals surface area contributed by atoms with Crippen LogP contribution in [-0.2, 0) is 6.54 Å². The van der Waals surface area contributed by atoms with Crippen molar-refractivity contribution in [3.63, 3.8) is 0 Å². The quantitative estimate of drug-likeness (QED) is 0.739. The van der Waals surface area contributed by atoms with Crippen molar-refractivity contribution in [3.05, 3.63) is 34.5 Å². The fourth-order valence-corrected chi connectivity index (χ4v) is 3.24. The average Bonchev–Trinajstić information content (AvgIpc) is 3.11. The molecule has 3 aromatic rings. The van der Waals surface area contributed by atoms with E-state index < -0.39 is 0 Å². The van der Waals surface area contributed by atoms with Crippen molar-refractivity contribution >= 4 is 34.0 Å². The molecule has 0 aliphatic heterocycles. The Bertz CT molecular complexity index is 836. The second-order valence-electron chi connectivity index (χ2n) is 5.23. The fourth-order valence-electron chi connectivity index (χ4n) is 2.52. The zero-order valence-corrected chi connectivity index (χ0v) is 14.8. The van der Waals surface area contributed by atoms with E-state index in [4.69, 9.17) is 15.2 Å². The van der Waals surface area contributed by atoms with Gasteiger partial charge < -0.3 is 20.1 Å². The van der Waals surface area contributed by atoms with Crippen molar-refractivity contribution in [2.45, 2.75) is 13.5 Å². The lowest BCUT2D eigenvalue weighted by molar-refractivity contribution is 0.356. The number of thiophene rings is 1. The number of anilines is 2. The molecule has 0 aliphatic rings. The van der Waals surface area contributed by atoms with Crippen molar-refractivity contribution in [3.8, 4) is 11.5 Å². The predicted octanol–water partition coefficient (Wildman–Crippen LogP) is 3.32. The minimum atomic E-state index is 0.431. The van der Waals surface area contributed by atoms with Gasteiger partial charge in [-0.2, -0.15) is 4.98 Å². The number of hydrogen-bond acceptors (Lipinski definition) is 7. The number of benzene rings is 1. The Kier molecular flexibility index (Phi) is 4.71. The number of nitrogens with zero attached hydrogens (tertiary/aromatic N) is 3. The molecule has 3 rings (SSSR count). The summed E-state index contributed by atoms with van der Waals surface area (Å²) < 4.78 is 10.7. The maximum Gasteiger partial charge on any atom is 0.228 e. The molecule has 0 saturated heterocycles. The number of nitrogen functional groups attached to an aromatic ring is 1. The topological polar surface area (TPSA) is 73.5 Å². The van der Waals surface area contributed by atoms with Gasteiger partial charge in [-0.1, -0.05) is 6.07 Å². The number of rotatable bonds is 6. The molecule has 0 radical (unpaired) electrons. The molecule has 2 N–H and O–H groups in total. The largest absolute Gasteiger partial charge is 0.493 e. The van der Waals surface area contributed by atoms with Crippen LogP contribution in [0.5, 0.6) is 11.5 Å². The summed E-state index contributed by atoms with van der Waals surface area (Å²) in [6.07, 6.45) is 0. The first-order chi connectivity index (χ1) is 11.7. The van der Waals surface area contributed by atoms with E-state index in [1.165, 1.54) is 4.88 Å². The highest BCUT2D eigenvalue weighted by molar-refractivity contribution is 7.09. The van der Waals surface area contributed by atoms with Crippen LogP contribution in [0.3, 0.4) is 0 Å². The summed E-state index contributed by atoms with van der Waals surface area (Å²) in [6.45, 7) is 3.62. The van der Waals surface area contributed by atoms with E-state index in [1.54, 1.807) is 25.6 Å². The molecular formula is C17H20N4O2S. The molecule has 0 amide bonds. The maximum atomic E-state index is 6.17. The van der Waals surface area contributed by atoms with Gasteiger partial charge in [0.25, 0.3) is 0 Å². The van der Waals surface area contributed by atoms with E-state index >= 15 is 0 Å². The standard InChI is InChI=1S/C17H20N4O2S/c1-4-21(10-11-6-5-7-24-11)17-19-13-9-15(23-3)14(22-2)8-12(13)16(18)20-17/h5-9H,4,10H2,1-3H3,(H2,18,19,20). The molecule has 0 fully saturated rings. The zero-order chi connectivity index (χ0) is 17.1. The summed E-state index contributed by atoms with van der Waals surface area (Å²) in [5, 5.41) is 2.82. The lowest BCUT2D eigenvalue weighted by Crippen LogP contribution is -2.24. The van der Waals surface area contributed by atoms with E-state index in [9.17, 15) is 0 Å². The van der Waals surface area contributed by atoms with E-state index in [2.05, 4.69) is 33.2 Å². The first-order valence-electron chi connectivity index (χ1n) is 7.62. The first-order valence-corrected chi connectivity index (χ1v) is 8.50. The van der Waals surface area contributed by atoms with Crippen LogP contribution in [0.4, 0.5) is 11.8 Å². The number of nitrogens with two attached hydrogens (primary N) is 1. The molecule has 6 nitrogen and oxygen atoms in total. The Morgan fingerprint density at radius 2 is 1.92 bits per heavy atom. The van der Waals surface area contributed by atoms with Gasteiger partial charge in [0.05, 0.1) is 26.3 Å². The third-order valence-electron chi connectivity index (χ3n) is 3.81. The second kappa shape index (κ2) is 6.92. The highest BCUT2D eigenvalue weighted by Crippen LogP contribution is 2.34. The third kappa shape index (κ3) is 3.07. The zero-order valence-electron chi connectivity index (χ0n) is 13.9. The number of hydrogen-bond donors (Lipinski definition) is 1. The van der Waals surface area contributed by atoms with Crippen molar-refractivity contribution < 1.29 is 9.47 Å². The molecule has 0 atom stereocenters. The summed E-state index contributed by atoms with van der Waals surface area (Å²) in [6, 6.07) is 7.78. The van der Waals surface area contributed by atoms with Gasteiger partial charge in [0.15, 0.2) is 11.5 Å². The molecule has 0 aliphatic carbocycles. The van der Waals surface area contributed by atoms with Gasteiger partial charge in [0.2, 0.25) is 5.95 Å². The van der Waals surface area contributed by atoms with Gasteiger partial charge in [-0.15, -0.1) is 11.3 Å². The monoisotopic (exact) mass is 344 g/mol. The fraction of sp³-hybridized carbons (Fsp3) is 0.294. The molecule has 0 spiro atoms. The molecule has 1 aromatic carbocycles. The molecule has 0 bridgehead atoms. The minimum Gasteiger partial charge on any atom is -0.493 e. The van der Waals surface area contributed by atoms with Crippen LogP contribution in [0, 0.1) is 0 Å². The van der Waals surface area contributed by atoms with Crippen LogP contribution in [-0.4, -0.2) is 30.7 Å². The van der Waals surface area contributed by atoms with E-state index in [0.717, 1.165) is 24.0 Å². The Labute approximate surface area is 144 Å². The number of aromatic nitrogens is 2. The lowest BCUT2D eigenvalue weighted by atomic mass is 10.2. The van der Waals surface area contributed by atoms with Crippen LogP contribution < -0.4 is 20.1 Å². The highest BCUT2D eigenvalue weighted by atomic mass is 32.1. The van der Waals surface area contributed by atoms with E-state index in [1.807, 2.05) is 18.2 Å².